The van der Waals surface area contributed by atoms with Crippen LogP contribution in [-0.2, 0) is 0 Å². The van der Waals surface area contributed by atoms with Gasteiger partial charge in [0, 0.05) is 0 Å². The molecule has 0 aliphatic carbocycles. The molecular weight excluding hydrogens is 372 g/mol. The highest BCUT2D eigenvalue weighted by molar-refractivity contribution is 4.75. The second kappa shape index (κ2) is 23.5. The molecule has 0 rings (SSSR count). The highest BCUT2D eigenvalue weighted by atomic mass is 16.4. The Labute approximate surface area is 189 Å². The maximum atomic E-state index is 10.2. The molecule has 0 heterocycles. The first-order chi connectivity index (χ1) is 14.6. The standard InChI is InChI=1S/C27H56O3/c1-3-5-7-9-11-13-15-17-19-21-23-25(28)27(30)26(29)24-22-20-18-16-14-12-10-8-6-4-2/h25-30H,3-24H2,1-2H3. The van der Waals surface area contributed by atoms with E-state index in [1.165, 1.54) is 103 Å². The minimum atomic E-state index is -0.984. The van der Waals surface area contributed by atoms with Crippen molar-refractivity contribution in [1.82, 2.24) is 0 Å². The van der Waals surface area contributed by atoms with Gasteiger partial charge < -0.3 is 15.3 Å². The van der Waals surface area contributed by atoms with Crippen molar-refractivity contribution in [3.05, 3.63) is 0 Å². The summed E-state index contributed by atoms with van der Waals surface area (Å²) in [7, 11) is 0. The number of aliphatic hydroxyl groups is 3. The lowest BCUT2D eigenvalue weighted by Gasteiger charge is -2.23. The van der Waals surface area contributed by atoms with Crippen LogP contribution in [0.15, 0.2) is 0 Å². The van der Waals surface area contributed by atoms with E-state index in [-0.39, 0.29) is 0 Å². The summed E-state index contributed by atoms with van der Waals surface area (Å²) in [5.74, 6) is 0. The average Bonchev–Trinajstić information content (AvgIpc) is 2.75. The van der Waals surface area contributed by atoms with E-state index in [2.05, 4.69) is 13.8 Å². The zero-order valence-corrected chi connectivity index (χ0v) is 20.6. The first kappa shape index (κ1) is 29.9. The summed E-state index contributed by atoms with van der Waals surface area (Å²) in [5, 5.41) is 30.5. The summed E-state index contributed by atoms with van der Waals surface area (Å²) in [4.78, 5) is 0. The highest BCUT2D eigenvalue weighted by Crippen LogP contribution is 2.17. The van der Waals surface area contributed by atoms with E-state index < -0.39 is 18.3 Å². The maximum Gasteiger partial charge on any atom is 0.106 e. The van der Waals surface area contributed by atoms with Crippen molar-refractivity contribution < 1.29 is 15.3 Å². The lowest BCUT2D eigenvalue weighted by atomic mass is 9.97. The lowest BCUT2D eigenvalue weighted by molar-refractivity contribution is -0.0653. The Balaban J connectivity index is 3.47. The van der Waals surface area contributed by atoms with Crippen molar-refractivity contribution in [2.45, 2.75) is 173 Å². The molecule has 0 aliphatic heterocycles. The summed E-state index contributed by atoms with van der Waals surface area (Å²) in [6, 6.07) is 0. The van der Waals surface area contributed by atoms with Crippen molar-refractivity contribution in [3.63, 3.8) is 0 Å². The van der Waals surface area contributed by atoms with Gasteiger partial charge in [-0.2, -0.15) is 0 Å². The van der Waals surface area contributed by atoms with Crippen LogP contribution in [0, 0.1) is 0 Å². The Bertz CT molecular complexity index is 291. The van der Waals surface area contributed by atoms with Crippen molar-refractivity contribution in [3.8, 4) is 0 Å². The Kier molecular flexibility index (Phi) is 23.4. The largest absolute Gasteiger partial charge is 0.390 e. The van der Waals surface area contributed by atoms with Gasteiger partial charge in [0.15, 0.2) is 0 Å². The van der Waals surface area contributed by atoms with E-state index in [1.807, 2.05) is 0 Å². The second-order valence-corrected chi connectivity index (χ2v) is 9.57. The van der Waals surface area contributed by atoms with Gasteiger partial charge >= 0.3 is 0 Å². The van der Waals surface area contributed by atoms with Gasteiger partial charge in [-0.3, -0.25) is 0 Å². The minimum absolute atomic E-state index is 0.604. The molecule has 3 heteroatoms. The molecule has 3 nitrogen and oxygen atoms in total. The van der Waals surface area contributed by atoms with Crippen molar-refractivity contribution in [2.24, 2.45) is 0 Å². The third kappa shape index (κ3) is 19.8. The topological polar surface area (TPSA) is 60.7 Å². The van der Waals surface area contributed by atoms with Crippen molar-refractivity contribution in [1.29, 1.82) is 0 Å². The summed E-state index contributed by atoms with van der Waals surface area (Å²) in [6.07, 6.45) is 24.0. The van der Waals surface area contributed by atoms with Gasteiger partial charge in [-0.05, 0) is 12.8 Å². The predicted octanol–water partition coefficient (Wildman–Crippen LogP) is 7.69. The van der Waals surface area contributed by atoms with Gasteiger partial charge in [0.2, 0.25) is 0 Å². The Morgan fingerprint density at radius 1 is 0.367 bits per heavy atom. The molecule has 0 fully saturated rings. The molecule has 2 atom stereocenters. The van der Waals surface area contributed by atoms with Gasteiger partial charge in [0.05, 0.1) is 12.2 Å². The fraction of sp³-hybridized carbons (Fsp3) is 1.00. The Morgan fingerprint density at radius 3 is 0.867 bits per heavy atom. The molecule has 182 valence electrons. The molecule has 0 bridgehead atoms. The van der Waals surface area contributed by atoms with Crippen molar-refractivity contribution >= 4 is 0 Å². The van der Waals surface area contributed by atoms with E-state index in [4.69, 9.17) is 0 Å². The molecule has 0 spiro atoms. The van der Waals surface area contributed by atoms with Gasteiger partial charge in [0.25, 0.3) is 0 Å². The molecule has 0 aromatic carbocycles. The SMILES string of the molecule is CCCCCCCCCCCCC(O)C(O)C(O)CCCCCCCCCCCC. The third-order valence-electron chi connectivity index (χ3n) is 6.50. The summed E-state index contributed by atoms with van der Waals surface area (Å²) in [6.45, 7) is 4.50. The molecular formula is C27H56O3. The lowest BCUT2D eigenvalue weighted by Crippen LogP contribution is -2.37. The minimum Gasteiger partial charge on any atom is -0.390 e. The second-order valence-electron chi connectivity index (χ2n) is 9.57. The van der Waals surface area contributed by atoms with Gasteiger partial charge in [-0.25, -0.2) is 0 Å². The number of hydrogen-bond acceptors (Lipinski definition) is 3. The molecule has 0 radical (unpaired) electrons. The zero-order valence-electron chi connectivity index (χ0n) is 20.6. The summed E-state index contributed by atoms with van der Waals surface area (Å²) >= 11 is 0. The van der Waals surface area contributed by atoms with Crippen LogP contribution in [-0.4, -0.2) is 33.6 Å². The van der Waals surface area contributed by atoms with Gasteiger partial charge in [-0.15, -0.1) is 0 Å². The normalized spacial score (nSPS) is 14.7. The zero-order chi connectivity index (χ0) is 22.3. The monoisotopic (exact) mass is 428 g/mol. The quantitative estimate of drug-likeness (QED) is 0.138. The third-order valence-corrected chi connectivity index (χ3v) is 6.50. The molecule has 0 aromatic rings. The molecule has 0 saturated heterocycles. The fourth-order valence-corrected chi connectivity index (χ4v) is 4.28. The van der Waals surface area contributed by atoms with Crippen LogP contribution in [0.3, 0.4) is 0 Å². The molecule has 3 N–H and O–H groups in total. The predicted molar refractivity (Wildman–Crippen MR) is 131 cm³/mol. The number of unbranched alkanes of at least 4 members (excludes halogenated alkanes) is 18. The summed E-state index contributed by atoms with van der Waals surface area (Å²) in [5.41, 5.74) is 0. The Morgan fingerprint density at radius 2 is 0.600 bits per heavy atom. The van der Waals surface area contributed by atoms with Crippen LogP contribution in [0.25, 0.3) is 0 Å². The maximum absolute atomic E-state index is 10.2. The van der Waals surface area contributed by atoms with Crippen LogP contribution >= 0.6 is 0 Å². The molecule has 0 aromatic heterocycles. The van der Waals surface area contributed by atoms with E-state index >= 15 is 0 Å². The first-order valence-electron chi connectivity index (χ1n) is 13.7. The van der Waals surface area contributed by atoms with Crippen LogP contribution in [0.1, 0.15) is 155 Å². The van der Waals surface area contributed by atoms with Crippen molar-refractivity contribution in [2.75, 3.05) is 0 Å². The highest BCUT2D eigenvalue weighted by Gasteiger charge is 2.23. The van der Waals surface area contributed by atoms with Gasteiger partial charge in [0.1, 0.15) is 6.10 Å². The molecule has 30 heavy (non-hydrogen) atoms. The number of rotatable bonds is 24. The molecule has 0 saturated carbocycles. The summed E-state index contributed by atoms with van der Waals surface area (Å²) < 4.78 is 0. The van der Waals surface area contributed by atoms with E-state index in [1.54, 1.807) is 0 Å². The van der Waals surface area contributed by atoms with E-state index in [9.17, 15) is 15.3 Å². The van der Waals surface area contributed by atoms with Crippen LogP contribution in [0.5, 0.6) is 0 Å². The van der Waals surface area contributed by atoms with Crippen LogP contribution < -0.4 is 0 Å². The van der Waals surface area contributed by atoms with E-state index in [0.29, 0.717) is 12.8 Å². The van der Waals surface area contributed by atoms with Gasteiger partial charge in [-0.1, -0.05) is 142 Å². The molecule has 2 unspecified atom stereocenters. The number of aliphatic hydroxyl groups excluding tert-OH is 3. The van der Waals surface area contributed by atoms with E-state index in [0.717, 1.165) is 25.7 Å². The molecule has 0 amide bonds. The van der Waals surface area contributed by atoms with Crippen LogP contribution in [0.4, 0.5) is 0 Å². The first-order valence-corrected chi connectivity index (χ1v) is 13.7. The van der Waals surface area contributed by atoms with Crippen LogP contribution in [0.2, 0.25) is 0 Å². The number of hydrogen-bond donors (Lipinski definition) is 3. The average molecular weight is 429 g/mol. The smallest absolute Gasteiger partial charge is 0.106 e. The fourth-order valence-electron chi connectivity index (χ4n) is 4.28. The Hall–Kier alpha value is -0.120. The molecule has 0 aliphatic rings.